The molecule has 0 radical (unpaired) electrons. The molecule has 1 fully saturated rings. The lowest BCUT2D eigenvalue weighted by Gasteiger charge is -2.24. The molecule has 27 heavy (non-hydrogen) atoms. The van der Waals surface area contributed by atoms with Crippen LogP contribution in [0, 0.1) is 0 Å². The van der Waals surface area contributed by atoms with Crippen LogP contribution in [0.3, 0.4) is 0 Å². The van der Waals surface area contributed by atoms with E-state index in [0.29, 0.717) is 34.1 Å². The molecule has 1 atom stereocenters. The number of hydrogen-bond acceptors (Lipinski definition) is 8. The van der Waals surface area contributed by atoms with Gasteiger partial charge in [-0.2, -0.15) is 13.2 Å². The summed E-state index contributed by atoms with van der Waals surface area (Å²) in [7, 11) is 4.37. The lowest BCUT2D eigenvalue weighted by atomic mass is 10.1. The lowest BCUT2D eigenvalue weighted by Crippen LogP contribution is -2.28. The Morgan fingerprint density at radius 2 is 1.70 bits per heavy atom. The molecular weight excluding hydrogens is 407 g/mol. The monoisotopic (exact) mass is 421 g/mol. The van der Waals surface area contributed by atoms with Crippen LogP contribution in [0.1, 0.15) is 15.9 Å². The Labute approximate surface area is 160 Å². The highest BCUT2D eigenvalue weighted by atomic mass is 32.2. The van der Waals surface area contributed by atoms with Gasteiger partial charge < -0.3 is 14.2 Å². The van der Waals surface area contributed by atoms with Crippen molar-refractivity contribution in [2.75, 3.05) is 32.0 Å². The van der Waals surface area contributed by atoms with Gasteiger partial charge in [0, 0.05) is 11.6 Å². The number of alkyl halides is 3. The van der Waals surface area contributed by atoms with Crippen LogP contribution in [0.4, 0.5) is 18.3 Å². The Hall–Kier alpha value is -2.21. The topological polar surface area (TPSA) is 73.8 Å². The number of carbonyl (C=O) groups excluding carboxylic acids is 1. The number of benzene rings is 1. The summed E-state index contributed by atoms with van der Waals surface area (Å²) in [6.45, 7) is 0. The summed E-state index contributed by atoms with van der Waals surface area (Å²) >= 11 is 1.56. The molecule has 1 aromatic heterocycles. The van der Waals surface area contributed by atoms with E-state index in [9.17, 15) is 18.0 Å². The van der Waals surface area contributed by atoms with Crippen molar-refractivity contribution in [3.8, 4) is 17.2 Å². The zero-order chi connectivity index (χ0) is 19.8. The van der Waals surface area contributed by atoms with Crippen molar-refractivity contribution in [1.29, 1.82) is 0 Å². The molecule has 0 N–H and O–H groups in total. The highest BCUT2D eigenvalue weighted by Crippen LogP contribution is 2.49. The maximum atomic E-state index is 12.9. The van der Waals surface area contributed by atoms with Crippen LogP contribution in [-0.4, -0.2) is 43.2 Å². The van der Waals surface area contributed by atoms with Crippen LogP contribution >= 0.6 is 23.1 Å². The first kappa shape index (κ1) is 19.5. The third-order valence-electron chi connectivity index (χ3n) is 3.73. The van der Waals surface area contributed by atoms with Crippen LogP contribution in [0.25, 0.3) is 0 Å². The molecule has 0 bridgehead atoms. The summed E-state index contributed by atoms with van der Waals surface area (Å²) in [4.78, 5) is 13.6. The summed E-state index contributed by atoms with van der Waals surface area (Å²) in [6.07, 6.45) is -4.62. The van der Waals surface area contributed by atoms with Gasteiger partial charge >= 0.3 is 6.18 Å². The number of thioether (sulfide) groups is 1. The predicted molar refractivity (Wildman–Crippen MR) is 93.7 cm³/mol. The summed E-state index contributed by atoms with van der Waals surface area (Å²) < 4.78 is 54.5. The first-order valence-electron chi connectivity index (χ1n) is 7.44. The zero-order valence-corrected chi connectivity index (χ0v) is 16.0. The Morgan fingerprint density at radius 3 is 2.26 bits per heavy atom. The highest BCUT2D eigenvalue weighted by Gasteiger charge is 2.41. The normalized spacial score (nSPS) is 17.3. The number of anilines is 1. The number of aromatic nitrogens is 2. The average molecular weight is 421 g/mol. The molecule has 3 rings (SSSR count). The van der Waals surface area contributed by atoms with Gasteiger partial charge in [0.15, 0.2) is 11.5 Å². The zero-order valence-electron chi connectivity index (χ0n) is 14.4. The van der Waals surface area contributed by atoms with Gasteiger partial charge in [0.1, 0.15) is 11.1 Å². The van der Waals surface area contributed by atoms with Gasteiger partial charge in [-0.15, -0.1) is 22.0 Å². The molecule has 1 aliphatic heterocycles. The van der Waals surface area contributed by atoms with E-state index in [1.165, 1.54) is 38.0 Å². The third-order valence-corrected chi connectivity index (χ3v) is 5.89. The first-order chi connectivity index (χ1) is 12.8. The highest BCUT2D eigenvalue weighted by molar-refractivity contribution is 8.00. The number of hydrogen-bond donors (Lipinski definition) is 0. The molecule has 0 unspecified atom stereocenters. The maximum absolute atomic E-state index is 12.9. The van der Waals surface area contributed by atoms with Gasteiger partial charge in [0.25, 0.3) is 0 Å². The summed E-state index contributed by atoms with van der Waals surface area (Å²) in [6, 6.07) is 3.23. The molecule has 2 heterocycles. The van der Waals surface area contributed by atoms with Gasteiger partial charge in [0.2, 0.25) is 16.0 Å². The molecule has 146 valence electrons. The van der Waals surface area contributed by atoms with Crippen molar-refractivity contribution in [3.05, 3.63) is 22.7 Å². The second kappa shape index (κ2) is 7.43. The Balaban J connectivity index is 2.05. The van der Waals surface area contributed by atoms with Gasteiger partial charge in [-0.3, -0.25) is 9.69 Å². The standard InChI is InChI=1S/C15H14F3N3O4S2/c1-23-8-5-10(25-3)9(24-2)4-7(8)12-21(11(22)6-26-12)14-20-19-13(27-14)15(16,17)18/h4-5,12H,6H2,1-3H3/t12-/m1/s1. The van der Waals surface area contributed by atoms with Crippen molar-refractivity contribution in [3.63, 3.8) is 0 Å². The summed E-state index contributed by atoms with van der Waals surface area (Å²) in [5, 5.41) is 4.85. The van der Waals surface area contributed by atoms with E-state index in [2.05, 4.69) is 10.2 Å². The molecule has 0 saturated carbocycles. The fourth-order valence-electron chi connectivity index (χ4n) is 2.53. The lowest BCUT2D eigenvalue weighted by molar-refractivity contribution is -0.138. The third kappa shape index (κ3) is 3.63. The SMILES string of the molecule is COc1cc(OC)c([C@H]2SCC(=O)N2c2nnc(C(F)(F)F)s2)cc1OC. The molecular formula is C15H14F3N3O4S2. The van der Waals surface area contributed by atoms with E-state index in [1.54, 1.807) is 12.1 Å². The first-order valence-corrected chi connectivity index (χ1v) is 9.31. The van der Waals surface area contributed by atoms with E-state index in [1.807, 2.05) is 0 Å². The largest absolute Gasteiger partial charge is 0.496 e. The van der Waals surface area contributed by atoms with E-state index in [-0.39, 0.29) is 16.8 Å². The van der Waals surface area contributed by atoms with Crippen molar-refractivity contribution in [2.24, 2.45) is 0 Å². The van der Waals surface area contributed by atoms with E-state index in [4.69, 9.17) is 14.2 Å². The second-order valence-electron chi connectivity index (χ2n) is 5.26. The van der Waals surface area contributed by atoms with Gasteiger partial charge in [0.05, 0.1) is 27.1 Å². The molecule has 7 nitrogen and oxygen atoms in total. The molecule has 1 saturated heterocycles. The number of methoxy groups -OCH3 is 3. The van der Waals surface area contributed by atoms with Crippen LogP contribution < -0.4 is 19.1 Å². The molecule has 0 spiro atoms. The Morgan fingerprint density at radius 1 is 1.07 bits per heavy atom. The molecule has 1 aliphatic rings. The fraction of sp³-hybridized carbons (Fsp3) is 0.400. The Kier molecular flexibility index (Phi) is 5.38. The number of amides is 1. The summed E-state index contributed by atoms with van der Waals surface area (Å²) in [5.41, 5.74) is 0.551. The van der Waals surface area contributed by atoms with Crippen LogP contribution in [0.15, 0.2) is 12.1 Å². The fourth-order valence-corrected chi connectivity index (χ4v) is 4.53. The van der Waals surface area contributed by atoms with Crippen molar-refractivity contribution >= 4 is 34.1 Å². The van der Waals surface area contributed by atoms with Gasteiger partial charge in [-0.1, -0.05) is 11.3 Å². The maximum Gasteiger partial charge on any atom is 0.445 e. The van der Waals surface area contributed by atoms with E-state index in [0.717, 1.165) is 0 Å². The molecule has 1 aromatic carbocycles. The van der Waals surface area contributed by atoms with Gasteiger partial charge in [-0.05, 0) is 6.07 Å². The summed E-state index contributed by atoms with van der Waals surface area (Å²) in [5.74, 6) is 0.955. The molecule has 2 aromatic rings. The molecule has 0 aliphatic carbocycles. The number of halogens is 3. The number of ether oxygens (including phenoxy) is 3. The van der Waals surface area contributed by atoms with Crippen molar-refractivity contribution in [2.45, 2.75) is 11.6 Å². The van der Waals surface area contributed by atoms with Crippen LogP contribution in [-0.2, 0) is 11.0 Å². The van der Waals surface area contributed by atoms with Gasteiger partial charge in [-0.25, -0.2) is 0 Å². The minimum atomic E-state index is -4.62. The quantitative estimate of drug-likeness (QED) is 0.733. The smallest absolute Gasteiger partial charge is 0.445 e. The number of nitrogens with zero attached hydrogens (tertiary/aromatic N) is 3. The predicted octanol–water partition coefficient (Wildman–Crippen LogP) is 3.36. The average Bonchev–Trinajstić information content (AvgIpc) is 3.26. The molecule has 12 heteroatoms. The Bertz CT molecular complexity index is 859. The van der Waals surface area contributed by atoms with Crippen molar-refractivity contribution in [1.82, 2.24) is 10.2 Å². The van der Waals surface area contributed by atoms with Crippen LogP contribution in [0.5, 0.6) is 17.2 Å². The minimum Gasteiger partial charge on any atom is -0.496 e. The number of carbonyl (C=O) groups is 1. The van der Waals surface area contributed by atoms with E-state index >= 15 is 0 Å². The second-order valence-corrected chi connectivity index (χ2v) is 7.29. The minimum absolute atomic E-state index is 0.0864. The number of rotatable bonds is 5. The molecule has 1 amide bonds. The van der Waals surface area contributed by atoms with Crippen molar-refractivity contribution < 1.29 is 32.2 Å². The van der Waals surface area contributed by atoms with E-state index < -0.39 is 16.6 Å². The van der Waals surface area contributed by atoms with Crippen LogP contribution in [0.2, 0.25) is 0 Å².